The van der Waals surface area contributed by atoms with E-state index in [-0.39, 0.29) is 24.1 Å². The van der Waals surface area contributed by atoms with Gasteiger partial charge in [0, 0.05) is 6.20 Å². The summed E-state index contributed by atoms with van der Waals surface area (Å²) in [5.74, 6) is -0.549. The number of anilines is 1. The van der Waals surface area contributed by atoms with Gasteiger partial charge in [-0.05, 0) is 18.1 Å². The fourth-order valence-electron chi connectivity index (χ4n) is 1.29. The molecule has 5 nitrogen and oxygen atoms in total. The summed E-state index contributed by atoms with van der Waals surface area (Å²) in [6.45, 7) is 3.82. The minimum atomic E-state index is -1.03. The molecular formula is C11H16N2O3. The first-order chi connectivity index (χ1) is 7.56. The van der Waals surface area contributed by atoms with Crippen LogP contribution < -0.4 is 5.32 Å². The van der Waals surface area contributed by atoms with Gasteiger partial charge in [0.15, 0.2) is 0 Å². The van der Waals surface area contributed by atoms with E-state index in [1.165, 1.54) is 12.3 Å². The van der Waals surface area contributed by atoms with E-state index in [4.69, 9.17) is 10.2 Å². The van der Waals surface area contributed by atoms with Crippen LogP contribution in [0.1, 0.15) is 24.2 Å². The fourth-order valence-corrected chi connectivity index (χ4v) is 1.29. The number of aliphatic hydroxyl groups is 1. The van der Waals surface area contributed by atoms with Crippen LogP contribution in [0.25, 0.3) is 0 Å². The van der Waals surface area contributed by atoms with Gasteiger partial charge in [0.1, 0.15) is 11.4 Å². The summed E-state index contributed by atoms with van der Waals surface area (Å²) in [4.78, 5) is 14.9. The monoisotopic (exact) mass is 224 g/mol. The Morgan fingerprint density at radius 2 is 2.25 bits per heavy atom. The molecule has 1 aromatic heterocycles. The Balaban J connectivity index is 2.91. The van der Waals surface area contributed by atoms with E-state index in [9.17, 15) is 4.79 Å². The van der Waals surface area contributed by atoms with E-state index in [0.717, 1.165) is 0 Å². The molecule has 1 atom stereocenters. The maximum absolute atomic E-state index is 10.9. The number of carboxylic acid groups (broad SMARTS) is 1. The number of nitrogens with one attached hydrogen (secondary N) is 1. The molecule has 0 saturated heterocycles. The maximum atomic E-state index is 10.9. The quantitative estimate of drug-likeness (QED) is 0.700. The maximum Gasteiger partial charge on any atom is 0.339 e. The second-order valence-corrected chi connectivity index (χ2v) is 3.88. The van der Waals surface area contributed by atoms with Gasteiger partial charge in [-0.25, -0.2) is 9.78 Å². The lowest BCUT2D eigenvalue weighted by molar-refractivity contribution is 0.0697. The Labute approximate surface area is 94.1 Å². The first-order valence-corrected chi connectivity index (χ1v) is 5.12. The average Bonchev–Trinajstić information content (AvgIpc) is 2.25. The van der Waals surface area contributed by atoms with E-state index in [1.54, 1.807) is 6.07 Å². The number of hydrogen-bond acceptors (Lipinski definition) is 4. The van der Waals surface area contributed by atoms with Crippen molar-refractivity contribution in [1.82, 2.24) is 4.98 Å². The van der Waals surface area contributed by atoms with Crippen molar-refractivity contribution in [2.24, 2.45) is 5.92 Å². The smallest absolute Gasteiger partial charge is 0.339 e. The molecule has 1 aromatic rings. The summed E-state index contributed by atoms with van der Waals surface area (Å²) < 4.78 is 0. The van der Waals surface area contributed by atoms with E-state index < -0.39 is 5.97 Å². The summed E-state index contributed by atoms with van der Waals surface area (Å²) in [6.07, 6.45) is 1.52. The fraction of sp³-hybridized carbons (Fsp3) is 0.455. The zero-order valence-corrected chi connectivity index (χ0v) is 9.34. The number of nitrogens with zero attached hydrogens (tertiary/aromatic N) is 1. The number of aromatic nitrogens is 1. The third-order valence-electron chi connectivity index (χ3n) is 2.36. The standard InChI is InChI=1S/C11H16N2O3/c1-7(2)9(6-14)13-10-8(11(15)16)4-3-5-12-10/h3-5,7,9,14H,6H2,1-2H3,(H,12,13)(H,15,16)/t9-/m1/s1. The van der Waals surface area contributed by atoms with Crippen LogP contribution in [0.2, 0.25) is 0 Å². The van der Waals surface area contributed by atoms with Crippen LogP contribution in [0.5, 0.6) is 0 Å². The molecule has 0 aromatic carbocycles. The molecule has 1 heterocycles. The summed E-state index contributed by atoms with van der Waals surface area (Å²) in [5.41, 5.74) is 0.113. The van der Waals surface area contributed by atoms with Gasteiger partial charge in [0.25, 0.3) is 0 Å². The predicted octanol–water partition coefficient (Wildman–Crippen LogP) is 1.21. The van der Waals surface area contributed by atoms with Crippen LogP contribution in [0.3, 0.4) is 0 Å². The Hall–Kier alpha value is -1.62. The van der Waals surface area contributed by atoms with Crippen LogP contribution >= 0.6 is 0 Å². The lowest BCUT2D eigenvalue weighted by atomic mass is 10.1. The third kappa shape index (κ3) is 2.93. The molecule has 16 heavy (non-hydrogen) atoms. The molecule has 0 bridgehead atoms. The Morgan fingerprint density at radius 1 is 1.56 bits per heavy atom. The second kappa shape index (κ2) is 5.46. The summed E-state index contributed by atoms with van der Waals surface area (Å²) in [7, 11) is 0. The molecule has 0 radical (unpaired) electrons. The van der Waals surface area contributed by atoms with Crippen molar-refractivity contribution in [3.63, 3.8) is 0 Å². The molecule has 3 N–H and O–H groups in total. The highest BCUT2D eigenvalue weighted by Crippen LogP contribution is 2.15. The molecule has 5 heteroatoms. The first kappa shape index (κ1) is 12.4. The van der Waals surface area contributed by atoms with Gasteiger partial charge in [0.05, 0.1) is 12.6 Å². The van der Waals surface area contributed by atoms with E-state index in [1.807, 2.05) is 13.8 Å². The lowest BCUT2D eigenvalue weighted by Gasteiger charge is -2.21. The van der Waals surface area contributed by atoms with Gasteiger partial charge < -0.3 is 15.5 Å². The van der Waals surface area contributed by atoms with Gasteiger partial charge in [-0.2, -0.15) is 0 Å². The van der Waals surface area contributed by atoms with Crippen LogP contribution in [-0.2, 0) is 0 Å². The molecule has 0 fully saturated rings. The molecule has 0 aliphatic heterocycles. The average molecular weight is 224 g/mol. The molecule has 0 saturated carbocycles. The summed E-state index contributed by atoms with van der Waals surface area (Å²) in [6, 6.07) is 2.85. The Bertz CT molecular complexity index is 366. The molecule has 0 unspecified atom stereocenters. The molecule has 0 aliphatic rings. The molecule has 88 valence electrons. The number of rotatable bonds is 5. The number of carboxylic acids is 1. The molecule has 0 aliphatic carbocycles. The van der Waals surface area contributed by atoms with Crippen LogP contribution in [0.15, 0.2) is 18.3 Å². The number of hydrogen-bond donors (Lipinski definition) is 3. The van der Waals surface area contributed by atoms with Crippen molar-refractivity contribution in [1.29, 1.82) is 0 Å². The summed E-state index contributed by atoms with van der Waals surface area (Å²) >= 11 is 0. The van der Waals surface area contributed by atoms with E-state index in [2.05, 4.69) is 10.3 Å². The SMILES string of the molecule is CC(C)[C@@H](CO)Nc1ncccc1C(=O)O. The van der Waals surface area contributed by atoms with Gasteiger partial charge in [-0.1, -0.05) is 13.8 Å². The minimum Gasteiger partial charge on any atom is -0.478 e. The van der Waals surface area contributed by atoms with Crippen LogP contribution in [0, 0.1) is 5.92 Å². The van der Waals surface area contributed by atoms with Gasteiger partial charge in [-0.3, -0.25) is 0 Å². The lowest BCUT2D eigenvalue weighted by Crippen LogP contribution is -2.30. The predicted molar refractivity (Wildman–Crippen MR) is 60.5 cm³/mol. The molecule has 0 amide bonds. The molecule has 1 rings (SSSR count). The van der Waals surface area contributed by atoms with Crippen molar-refractivity contribution in [2.75, 3.05) is 11.9 Å². The third-order valence-corrected chi connectivity index (χ3v) is 2.36. The molecular weight excluding hydrogens is 208 g/mol. The highest BCUT2D eigenvalue weighted by atomic mass is 16.4. The normalized spacial score (nSPS) is 12.5. The van der Waals surface area contributed by atoms with Crippen LogP contribution in [-0.4, -0.2) is 33.8 Å². The Kier molecular flexibility index (Phi) is 4.25. The first-order valence-electron chi connectivity index (χ1n) is 5.12. The second-order valence-electron chi connectivity index (χ2n) is 3.88. The van der Waals surface area contributed by atoms with Gasteiger partial charge in [0.2, 0.25) is 0 Å². The van der Waals surface area contributed by atoms with Crippen molar-refractivity contribution >= 4 is 11.8 Å². The highest BCUT2D eigenvalue weighted by Gasteiger charge is 2.16. The highest BCUT2D eigenvalue weighted by molar-refractivity contribution is 5.93. The van der Waals surface area contributed by atoms with Gasteiger partial charge >= 0.3 is 5.97 Å². The van der Waals surface area contributed by atoms with E-state index >= 15 is 0 Å². The summed E-state index contributed by atoms with van der Waals surface area (Å²) in [5, 5.41) is 21.0. The minimum absolute atomic E-state index is 0.0622. The zero-order valence-electron chi connectivity index (χ0n) is 9.34. The van der Waals surface area contributed by atoms with Crippen molar-refractivity contribution in [3.05, 3.63) is 23.9 Å². The van der Waals surface area contributed by atoms with Crippen LogP contribution in [0.4, 0.5) is 5.82 Å². The zero-order chi connectivity index (χ0) is 12.1. The number of carbonyl (C=O) groups is 1. The Morgan fingerprint density at radius 3 is 2.75 bits per heavy atom. The van der Waals surface area contributed by atoms with E-state index in [0.29, 0.717) is 5.82 Å². The topological polar surface area (TPSA) is 82.5 Å². The molecule has 0 spiro atoms. The number of aliphatic hydroxyl groups excluding tert-OH is 1. The van der Waals surface area contributed by atoms with Gasteiger partial charge in [-0.15, -0.1) is 0 Å². The number of aromatic carboxylic acids is 1. The van der Waals surface area contributed by atoms with Crippen molar-refractivity contribution in [3.8, 4) is 0 Å². The number of pyridine rings is 1. The van der Waals surface area contributed by atoms with Crippen molar-refractivity contribution in [2.45, 2.75) is 19.9 Å². The van der Waals surface area contributed by atoms with Crippen molar-refractivity contribution < 1.29 is 15.0 Å². The largest absolute Gasteiger partial charge is 0.478 e.